The number of aliphatic hydroxyl groups is 1. The first-order valence-corrected chi connectivity index (χ1v) is 5.54. The fourth-order valence-corrected chi connectivity index (χ4v) is 1.66. The van der Waals surface area contributed by atoms with Crippen molar-refractivity contribution in [2.75, 3.05) is 0 Å². The quantitative estimate of drug-likeness (QED) is 0.885. The van der Waals surface area contributed by atoms with Crippen LogP contribution in [-0.2, 0) is 6.61 Å². The first kappa shape index (κ1) is 12.2. The summed E-state index contributed by atoms with van der Waals surface area (Å²) in [6, 6.07) is 5.32. The number of rotatable bonds is 3. The summed E-state index contributed by atoms with van der Waals surface area (Å²) in [6.45, 7) is 3.66. The molecule has 15 heavy (non-hydrogen) atoms. The zero-order valence-corrected chi connectivity index (χ0v) is 10.3. The van der Waals surface area contributed by atoms with Crippen LogP contribution in [-0.4, -0.2) is 17.1 Å². The molecule has 0 aliphatic carbocycles. The van der Waals surface area contributed by atoms with Crippen molar-refractivity contribution in [2.24, 2.45) is 0 Å². The molecule has 0 atom stereocenters. The van der Waals surface area contributed by atoms with Crippen LogP contribution in [0.4, 0.5) is 0 Å². The maximum atomic E-state index is 11.7. The minimum absolute atomic E-state index is 0.0905. The van der Waals surface area contributed by atoms with Gasteiger partial charge in [0.2, 0.25) is 0 Å². The van der Waals surface area contributed by atoms with Gasteiger partial charge >= 0.3 is 0 Å². The summed E-state index contributed by atoms with van der Waals surface area (Å²) >= 11 is 3.29. The second-order valence-electron chi connectivity index (χ2n) is 3.59. The van der Waals surface area contributed by atoms with Crippen molar-refractivity contribution in [1.29, 1.82) is 0 Å². The molecule has 0 fully saturated rings. The Morgan fingerprint density at radius 2 is 2.20 bits per heavy atom. The Hall–Kier alpha value is -0.870. The Bertz CT molecular complexity index is 364. The molecule has 1 amide bonds. The highest BCUT2D eigenvalue weighted by Crippen LogP contribution is 2.16. The Kier molecular flexibility index (Phi) is 4.29. The summed E-state index contributed by atoms with van der Waals surface area (Å²) in [7, 11) is 0. The molecule has 0 saturated carbocycles. The molecule has 2 N–H and O–H groups in total. The van der Waals surface area contributed by atoms with E-state index in [1.807, 2.05) is 13.8 Å². The Labute approximate surface area is 97.6 Å². The van der Waals surface area contributed by atoms with E-state index in [0.29, 0.717) is 11.1 Å². The third-order valence-electron chi connectivity index (χ3n) is 1.90. The van der Waals surface area contributed by atoms with E-state index in [2.05, 4.69) is 21.2 Å². The van der Waals surface area contributed by atoms with Crippen molar-refractivity contribution in [3.63, 3.8) is 0 Å². The molecule has 0 saturated heterocycles. The average Bonchev–Trinajstić information content (AvgIpc) is 2.16. The number of carbonyl (C=O) groups excluding carboxylic acids is 1. The highest BCUT2D eigenvalue weighted by Gasteiger charge is 2.11. The van der Waals surface area contributed by atoms with E-state index >= 15 is 0 Å². The fraction of sp³-hybridized carbons (Fsp3) is 0.364. The summed E-state index contributed by atoms with van der Waals surface area (Å²) in [5.74, 6) is -0.151. The van der Waals surface area contributed by atoms with E-state index in [1.54, 1.807) is 18.2 Å². The van der Waals surface area contributed by atoms with Crippen LogP contribution in [0.2, 0.25) is 0 Å². The van der Waals surface area contributed by atoms with Crippen LogP contribution < -0.4 is 5.32 Å². The van der Waals surface area contributed by atoms with Gasteiger partial charge in [0.1, 0.15) is 0 Å². The average molecular weight is 272 g/mol. The van der Waals surface area contributed by atoms with Crippen molar-refractivity contribution in [1.82, 2.24) is 5.32 Å². The minimum Gasteiger partial charge on any atom is -0.392 e. The van der Waals surface area contributed by atoms with Crippen molar-refractivity contribution >= 4 is 21.8 Å². The van der Waals surface area contributed by atoms with Crippen LogP contribution in [0.1, 0.15) is 29.8 Å². The molecule has 1 rings (SSSR count). The molecule has 4 heteroatoms. The zero-order chi connectivity index (χ0) is 11.4. The van der Waals surface area contributed by atoms with Gasteiger partial charge < -0.3 is 10.4 Å². The summed E-state index contributed by atoms with van der Waals surface area (Å²) < 4.78 is 0.854. The second-order valence-corrected chi connectivity index (χ2v) is 4.50. The third-order valence-corrected chi connectivity index (χ3v) is 2.40. The van der Waals surface area contributed by atoms with Crippen molar-refractivity contribution in [3.8, 4) is 0 Å². The number of amides is 1. The Morgan fingerprint density at radius 3 is 2.73 bits per heavy atom. The molecule has 0 spiro atoms. The first-order chi connectivity index (χ1) is 7.04. The number of hydrogen-bond donors (Lipinski definition) is 2. The molecule has 3 nitrogen and oxygen atoms in total. The monoisotopic (exact) mass is 271 g/mol. The topological polar surface area (TPSA) is 49.3 Å². The lowest BCUT2D eigenvalue weighted by Crippen LogP contribution is -2.30. The predicted octanol–water partition coefficient (Wildman–Crippen LogP) is 2.08. The van der Waals surface area contributed by atoms with Crippen LogP contribution in [0.3, 0.4) is 0 Å². The number of nitrogens with one attached hydrogen (secondary N) is 1. The van der Waals surface area contributed by atoms with Gasteiger partial charge in [0.25, 0.3) is 5.91 Å². The van der Waals surface area contributed by atoms with Crippen molar-refractivity contribution in [3.05, 3.63) is 33.8 Å². The van der Waals surface area contributed by atoms with E-state index in [4.69, 9.17) is 5.11 Å². The van der Waals surface area contributed by atoms with Crippen LogP contribution in [0.25, 0.3) is 0 Å². The lowest BCUT2D eigenvalue weighted by molar-refractivity contribution is 0.0940. The largest absolute Gasteiger partial charge is 0.392 e. The number of halogens is 1. The first-order valence-electron chi connectivity index (χ1n) is 4.74. The molecule has 0 unspecified atom stereocenters. The standard InChI is InChI=1S/C11H14BrNO2/c1-7(2)13-11(15)10-4-3-9(12)5-8(10)6-14/h3-5,7,14H,6H2,1-2H3,(H,13,15). The van der Waals surface area contributed by atoms with E-state index in [1.165, 1.54) is 0 Å². The van der Waals surface area contributed by atoms with Gasteiger partial charge in [-0.1, -0.05) is 15.9 Å². The van der Waals surface area contributed by atoms with E-state index in [0.717, 1.165) is 4.47 Å². The zero-order valence-electron chi connectivity index (χ0n) is 8.75. The fourth-order valence-electron chi connectivity index (χ4n) is 1.25. The van der Waals surface area contributed by atoms with Gasteiger partial charge in [-0.3, -0.25) is 4.79 Å². The summed E-state index contributed by atoms with van der Waals surface area (Å²) in [5, 5.41) is 11.9. The number of aliphatic hydroxyl groups excluding tert-OH is 1. The van der Waals surface area contributed by atoms with Gasteiger partial charge in [0.15, 0.2) is 0 Å². The molecule has 0 aliphatic heterocycles. The summed E-state index contributed by atoms with van der Waals surface area (Å²) in [6.07, 6.45) is 0. The molecule has 82 valence electrons. The molecule has 0 bridgehead atoms. The molecule has 0 aromatic heterocycles. The molecule has 1 aromatic carbocycles. The number of benzene rings is 1. The summed E-state index contributed by atoms with van der Waals surface area (Å²) in [5.41, 5.74) is 1.15. The maximum Gasteiger partial charge on any atom is 0.251 e. The molecule has 0 heterocycles. The van der Waals surface area contributed by atoms with E-state index in [-0.39, 0.29) is 18.6 Å². The maximum absolute atomic E-state index is 11.7. The smallest absolute Gasteiger partial charge is 0.251 e. The van der Waals surface area contributed by atoms with Crippen LogP contribution in [0, 0.1) is 0 Å². The predicted molar refractivity (Wildman–Crippen MR) is 62.7 cm³/mol. The van der Waals surface area contributed by atoms with Crippen molar-refractivity contribution < 1.29 is 9.90 Å². The molecule has 0 radical (unpaired) electrons. The third kappa shape index (κ3) is 3.32. The normalized spacial score (nSPS) is 10.5. The molecule has 0 aliphatic rings. The number of hydrogen-bond acceptors (Lipinski definition) is 2. The van der Waals surface area contributed by atoms with Crippen LogP contribution in [0.15, 0.2) is 22.7 Å². The van der Waals surface area contributed by atoms with Gasteiger partial charge in [-0.25, -0.2) is 0 Å². The van der Waals surface area contributed by atoms with E-state index in [9.17, 15) is 4.79 Å². The van der Waals surface area contributed by atoms with Crippen molar-refractivity contribution in [2.45, 2.75) is 26.5 Å². The summed E-state index contributed by atoms with van der Waals surface area (Å²) in [4.78, 5) is 11.7. The van der Waals surface area contributed by atoms with Gasteiger partial charge in [0, 0.05) is 16.1 Å². The van der Waals surface area contributed by atoms with Gasteiger partial charge in [-0.15, -0.1) is 0 Å². The SMILES string of the molecule is CC(C)NC(=O)c1ccc(Br)cc1CO. The van der Waals surface area contributed by atoms with Gasteiger partial charge in [-0.2, -0.15) is 0 Å². The number of carbonyl (C=O) groups is 1. The van der Waals surface area contributed by atoms with Crippen LogP contribution >= 0.6 is 15.9 Å². The lowest BCUT2D eigenvalue weighted by Gasteiger charge is -2.11. The van der Waals surface area contributed by atoms with E-state index < -0.39 is 0 Å². The molecular formula is C11H14BrNO2. The Balaban J connectivity index is 2.97. The molecule has 1 aromatic rings. The second kappa shape index (κ2) is 5.28. The van der Waals surface area contributed by atoms with Crippen LogP contribution in [0.5, 0.6) is 0 Å². The highest BCUT2D eigenvalue weighted by atomic mass is 79.9. The highest BCUT2D eigenvalue weighted by molar-refractivity contribution is 9.10. The molecular weight excluding hydrogens is 258 g/mol. The lowest BCUT2D eigenvalue weighted by atomic mass is 10.1. The minimum atomic E-state index is -0.151. The van der Waals surface area contributed by atoms with Gasteiger partial charge in [-0.05, 0) is 37.6 Å². The Morgan fingerprint density at radius 1 is 1.53 bits per heavy atom. The van der Waals surface area contributed by atoms with Gasteiger partial charge in [0.05, 0.1) is 6.61 Å².